The maximum absolute atomic E-state index is 13.0. The molecule has 0 radical (unpaired) electrons. The van der Waals surface area contributed by atoms with E-state index in [9.17, 15) is 13.2 Å². The topological polar surface area (TPSA) is 3.24 Å². The summed E-state index contributed by atoms with van der Waals surface area (Å²) in [4.78, 5) is 2.48. The number of likely N-dealkylation sites (tertiary alicyclic amines) is 1. The minimum absolute atomic E-state index is 0.121. The normalized spacial score (nSPS) is 19.3. The lowest BCUT2D eigenvalue weighted by Gasteiger charge is -2.42. The summed E-state index contributed by atoms with van der Waals surface area (Å²) in [6.45, 7) is 3.08. The molecule has 1 aliphatic rings. The van der Waals surface area contributed by atoms with Crippen LogP contribution in [0.5, 0.6) is 0 Å². The van der Waals surface area contributed by atoms with E-state index in [1.165, 1.54) is 12.1 Å². The van der Waals surface area contributed by atoms with Gasteiger partial charge in [0.15, 0.2) is 0 Å². The molecule has 0 bridgehead atoms. The van der Waals surface area contributed by atoms with Crippen molar-refractivity contribution in [2.24, 2.45) is 0 Å². The highest BCUT2D eigenvalue weighted by atomic mass is 35.5. The highest BCUT2D eigenvalue weighted by Crippen LogP contribution is 2.36. The molecule has 0 amide bonds. The maximum atomic E-state index is 13.0. The second-order valence-electron chi connectivity index (χ2n) is 7.76. The van der Waals surface area contributed by atoms with E-state index < -0.39 is 11.7 Å². The van der Waals surface area contributed by atoms with Crippen LogP contribution in [0.15, 0.2) is 42.5 Å². The Morgan fingerprint density at radius 1 is 1.03 bits per heavy atom. The molecular weight excluding hydrogens is 418 g/mol. The number of piperidine rings is 1. The monoisotopic (exact) mass is 443 g/mol. The van der Waals surface area contributed by atoms with Gasteiger partial charge in [0.1, 0.15) is 0 Å². The van der Waals surface area contributed by atoms with Gasteiger partial charge < -0.3 is 0 Å². The first-order chi connectivity index (χ1) is 13.8. The molecule has 0 aliphatic carbocycles. The lowest BCUT2D eigenvalue weighted by molar-refractivity contribution is -0.137. The first-order valence-corrected chi connectivity index (χ1v) is 10.9. The van der Waals surface area contributed by atoms with Crippen LogP contribution in [0.1, 0.15) is 61.8 Å². The van der Waals surface area contributed by atoms with Crippen LogP contribution in [0.2, 0.25) is 10.0 Å². The second-order valence-corrected chi connectivity index (χ2v) is 8.58. The van der Waals surface area contributed by atoms with Gasteiger partial charge >= 0.3 is 6.18 Å². The molecule has 0 N–H and O–H groups in total. The van der Waals surface area contributed by atoms with Gasteiger partial charge in [-0.15, -0.1) is 0 Å². The van der Waals surface area contributed by atoms with Crippen LogP contribution in [0.25, 0.3) is 0 Å². The first-order valence-electron chi connectivity index (χ1n) is 10.2. The molecule has 0 aromatic heterocycles. The predicted molar refractivity (Wildman–Crippen MR) is 114 cm³/mol. The summed E-state index contributed by atoms with van der Waals surface area (Å²) in [5.41, 5.74) is 1.50. The van der Waals surface area contributed by atoms with E-state index in [4.69, 9.17) is 23.2 Å². The summed E-state index contributed by atoms with van der Waals surface area (Å²) in [5, 5.41) is 1.10. The molecule has 0 saturated carbocycles. The number of hydrogen-bond donors (Lipinski definition) is 0. The summed E-state index contributed by atoms with van der Waals surface area (Å²) < 4.78 is 38.9. The minimum atomic E-state index is -4.31. The zero-order valence-electron chi connectivity index (χ0n) is 16.5. The Balaban J connectivity index is 1.84. The third kappa shape index (κ3) is 5.68. The van der Waals surface area contributed by atoms with E-state index in [-0.39, 0.29) is 6.04 Å². The third-order valence-electron chi connectivity index (χ3n) is 5.71. The number of benzene rings is 2. The van der Waals surface area contributed by atoms with E-state index in [2.05, 4.69) is 11.8 Å². The van der Waals surface area contributed by atoms with Crippen molar-refractivity contribution < 1.29 is 13.2 Å². The molecule has 1 nitrogen and oxygen atoms in total. The van der Waals surface area contributed by atoms with Gasteiger partial charge in [-0.2, -0.15) is 13.2 Å². The predicted octanol–water partition coefficient (Wildman–Crippen LogP) is 7.95. The van der Waals surface area contributed by atoms with E-state index in [1.54, 1.807) is 12.1 Å². The highest BCUT2D eigenvalue weighted by molar-refractivity contribution is 6.42. The Morgan fingerprint density at radius 2 is 1.76 bits per heavy atom. The van der Waals surface area contributed by atoms with Crippen LogP contribution in [0.3, 0.4) is 0 Å². The van der Waals surface area contributed by atoms with E-state index >= 15 is 0 Å². The average molecular weight is 444 g/mol. The van der Waals surface area contributed by atoms with E-state index in [0.29, 0.717) is 16.1 Å². The Morgan fingerprint density at radius 3 is 2.38 bits per heavy atom. The average Bonchev–Trinajstić information content (AvgIpc) is 2.69. The molecule has 1 aliphatic heterocycles. The zero-order chi connectivity index (χ0) is 21.0. The van der Waals surface area contributed by atoms with Crippen molar-refractivity contribution in [3.05, 3.63) is 69.2 Å². The van der Waals surface area contributed by atoms with E-state index in [0.717, 1.165) is 56.2 Å². The number of halogens is 5. The first kappa shape index (κ1) is 22.5. The fourth-order valence-corrected chi connectivity index (χ4v) is 4.60. The molecule has 0 spiro atoms. The molecule has 29 heavy (non-hydrogen) atoms. The quantitative estimate of drug-likeness (QED) is 0.437. The van der Waals surface area contributed by atoms with Crippen molar-refractivity contribution in [1.82, 2.24) is 4.90 Å². The van der Waals surface area contributed by atoms with Gasteiger partial charge in [-0.05, 0) is 67.6 Å². The van der Waals surface area contributed by atoms with Gasteiger partial charge in [0.05, 0.1) is 15.6 Å². The van der Waals surface area contributed by atoms with Crippen molar-refractivity contribution >= 4 is 23.2 Å². The summed E-state index contributed by atoms with van der Waals surface area (Å²) >= 11 is 12.2. The Kier molecular flexibility index (Phi) is 7.53. The SMILES string of the molecule is CCCC(c1ccc(C(F)(F)F)cc1)N1CCCCC1Cc1ccc(Cl)c(Cl)c1. The van der Waals surface area contributed by atoms with Gasteiger partial charge in [0, 0.05) is 12.1 Å². The van der Waals surface area contributed by atoms with Crippen molar-refractivity contribution in [2.75, 3.05) is 6.54 Å². The van der Waals surface area contributed by atoms with Crippen LogP contribution in [-0.4, -0.2) is 17.5 Å². The number of nitrogens with zero attached hydrogens (tertiary/aromatic N) is 1. The smallest absolute Gasteiger partial charge is 0.293 e. The van der Waals surface area contributed by atoms with Crippen molar-refractivity contribution in [2.45, 2.75) is 63.7 Å². The van der Waals surface area contributed by atoms with Gasteiger partial charge in [-0.1, -0.05) is 61.2 Å². The summed E-state index contributed by atoms with van der Waals surface area (Å²) in [6.07, 6.45) is 1.79. The second kappa shape index (κ2) is 9.72. The fourth-order valence-electron chi connectivity index (χ4n) is 4.28. The molecular formula is C23H26Cl2F3N. The Bertz CT molecular complexity index is 805. The molecule has 3 rings (SSSR count). The molecule has 6 heteroatoms. The van der Waals surface area contributed by atoms with Gasteiger partial charge in [0.25, 0.3) is 0 Å². The Hall–Kier alpha value is -1.23. The molecule has 1 fully saturated rings. The number of rotatable bonds is 6. The maximum Gasteiger partial charge on any atom is 0.416 e. The molecule has 2 aromatic carbocycles. The fraction of sp³-hybridized carbons (Fsp3) is 0.478. The molecule has 2 unspecified atom stereocenters. The summed E-state index contributed by atoms with van der Waals surface area (Å²) in [5.74, 6) is 0. The van der Waals surface area contributed by atoms with Gasteiger partial charge in [0.2, 0.25) is 0 Å². The highest BCUT2D eigenvalue weighted by Gasteiger charge is 2.32. The molecule has 2 atom stereocenters. The standard InChI is InChI=1S/C23H26Cl2F3N/c1-2-5-22(17-8-10-18(11-9-17)23(26,27)28)29-13-4-3-6-19(29)14-16-7-12-20(24)21(25)15-16/h7-12,15,19,22H,2-6,13-14H2,1H3. The van der Waals surface area contributed by atoms with Crippen LogP contribution < -0.4 is 0 Å². The lowest BCUT2D eigenvalue weighted by atomic mass is 9.90. The molecule has 1 saturated heterocycles. The van der Waals surface area contributed by atoms with Crippen molar-refractivity contribution in [3.63, 3.8) is 0 Å². The van der Waals surface area contributed by atoms with Crippen molar-refractivity contribution in [3.8, 4) is 0 Å². The third-order valence-corrected chi connectivity index (χ3v) is 6.45. The largest absolute Gasteiger partial charge is 0.416 e. The van der Waals surface area contributed by atoms with Crippen LogP contribution in [0.4, 0.5) is 13.2 Å². The molecule has 158 valence electrons. The zero-order valence-corrected chi connectivity index (χ0v) is 18.0. The van der Waals surface area contributed by atoms with Gasteiger partial charge in [-0.25, -0.2) is 0 Å². The summed E-state index contributed by atoms with van der Waals surface area (Å²) in [7, 11) is 0. The molecule has 2 aromatic rings. The number of alkyl halides is 3. The van der Waals surface area contributed by atoms with Crippen LogP contribution >= 0.6 is 23.2 Å². The van der Waals surface area contributed by atoms with Crippen LogP contribution in [-0.2, 0) is 12.6 Å². The minimum Gasteiger partial charge on any atom is -0.293 e. The van der Waals surface area contributed by atoms with E-state index in [1.807, 2.05) is 18.2 Å². The van der Waals surface area contributed by atoms with Gasteiger partial charge in [-0.3, -0.25) is 4.90 Å². The summed E-state index contributed by atoms with van der Waals surface area (Å²) in [6, 6.07) is 11.9. The lowest BCUT2D eigenvalue weighted by Crippen LogP contribution is -2.43. The number of hydrogen-bond acceptors (Lipinski definition) is 1. The Labute approximate surface area is 180 Å². The van der Waals surface area contributed by atoms with Crippen LogP contribution in [0, 0.1) is 0 Å². The molecule has 1 heterocycles. The van der Waals surface area contributed by atoms with Crippen molar-refractivity contribution in [1.29, 1.82) is 0 Å².